The summed E-state index contributed by atoms with van der Waals surface area (Å²) < 4.78 is 21.8. The van der Waals surface area contributed by atoms with Crippen LogP contribution in [0.25, 0.3) is 0 Å². The number of benzene rings is 1. The van der Waals surface area contributed by atoms with Gasteiger partial charge in [0.15, 0.2) is 17.3 Å². The molecule has 0 aliphatic carbocycles. The summed E-state index contributed by atoms with van der Waals surface area (Å²) in [6.45, 7) is 2.94. The number of nitrogens with one attached hydrogen (secondary N) is 1. The Hall–Kier alpha value is -3.00. The van der Waals surface area contributed by atoms with Gasteiger partial charge in [0, 0.05) is 37.7 Å². The number of carbonyl (C=O) groups is 1. The highest BCUT2D eigenvalue weighted by atomic mass is 16.5. The van der Waals surface area contributed by atoms with Gasteiger partial charge in [-0.1, -0.05) is 6.07 Å². The van der Waals surface area contributed by atoms with E-state index in [2.05, 4.69) is 5.32 Å². The van der Waals surface area contributed by atoms with Gasteiger partial charge in [0.1, 0.15) is 5.76 Å². The zero-order chi connectivity index (χ0) is 22.4. The number of hydrogen-bond acceptors (Lipinski definition) is 7. The van der Waals surface area contributed by atoms with E-state index in [9.17, 15) is 14.7 Å². The van der Waals surface area contributed by atoms with E-state index in [1.54, 1.807) is 21.1 Å². The van der Waals surface area contributed by atoms with Gasteiger partial charge in [-0.2, -0.15) is 0 Å². The van der Waals surface area contributed by atoms with Crippen LogP contribution in [-0.4, -0.2) is 45.0 Å². The largest absolute Gasteiger partial charge is 0.502 e. The van der Waals surface area contributed by atoms with Crippen LogP contribution in [0.5, 0.6) is 17.2 Å². The molecule has 0 saturated carbocycles. The van der Waals surface area contributed by atoms with Crippen molar-refractivity contribution in [3.8, 4) is 17.2 Å². The Morgan fingerprint density at radius 3 is 2.55 bits per heavy atom. The summed E-state index contributed by atoms with van der Waals surface area (Å²) in [5, 5.41) is 13.3. The maximum absolute atomic E-state index is 12.8. The highest BCUT2D eigenvalue weighted by Gasteiger charge is 2.41. The fourth-order valence-corrected chi connectivity index (χ4v) is 3.96. The van der Waals surface area contributed by atoms with Crippen LogP contribution in [0.4, 0.5) is 0 Å². The molecule has 1 amide bonds. The number of methoxy groups -OCH3 is 2. The second-order valence-electron chi connectivity index (χ2n) is 7.76. The Kier molecular flexibility index (Phi) is 7.22. The molecule has 2 N–H and O–H groups in total. The lowest BCUT2D eigenvalue weighted by Crippen LogP contribution is -2.40. The van der Waals surface area contributed by atoms with Crippen LogP contribution in [-0.2, 0) is 21.4 Å². The van der Waals surface area contributed by atoms with Crippen molar-refractivity contribution >= 4 is 5.91 Å². The third-order valence-corrected chi connectivity index (χ3v) is 5.66. The molecule has 31 heavy (non-hydrogen) atoms. The maximum atomic E-state index is 12.8. The number of aryl methyl sites for hydroxylation is 1. The van der Waals surface area contributed by atoms with Crippen LogP contribution in [0.2, 0.25) is 0 Å². The van der Waals surface area contributed by atoms with E-state index in [0.29, 0.717) is 56.3 Å². The minimum atomic E-state index is -0.777. The molecule has 1 aliphatic heterocycles. The lowest BCUT2D eigenvalue weighted by molar-refractivity contribution is -0.123. The molecule has 8 heteroatoms. The first-order valence-electron chi connectivity index (χ1n) is 10.3. The van der Waals surface area contributed by atoms with Crippen molar-refractivity contribution in [1.29, 1.82) is 0 Å². The predicted octanol–water partition coefficient (Wildman–Crippen LogP) is 2.47. The topological polar surface area (TPSA) is 107 Å². The number of rotatable bonds is 8. The number of ether oxygens (including phenoxy) is 3. The van der Waals surface area contributed by atoms with Gasteiger partial charge in [-0.3, -0.25) is 9.59 Å². The molecule has 2 aromatic rings. The van der Waals surface area contributed by atoms with Crippen molar-refractivity contribution in [3.63, 3.8) is 0 Å². The molecule has 0 unspecified atom stereocenters. The van der Waals surface area contributed by atoms with Gasteiger partial charge in [-0.25, -0.2) is 0 Å². The zero-order valence-electron chi connectivity index (χ0n) is 18.2. The van der Waals surface area contributed by atoms with Crippen molar-refractivity contribution in [3.05, 3.63) is 51.6 Å². The van der Waals surface area contributed by atoms with Crippen molar-refractivity contribution in [2.45, 2.75) is 38.0 Å². The predicted molar refractivity (Wildman–Crippen MR) is 114 cm³/mol. The average Bonchev–Trinajstić information content (AvgIpc) is 2.76. The van der Waals surface area contributed by atoms with E-state index >= 15 is 0 Å². The quantitative estimate of drug-likeness (QED) is 0.661. The highest BCUT2D eigenvalue weighted by Crippen LogP contribution is 2.41. The van der Waals surface area contributed by atoms with Gasteiger partial charge >= 0.3 is 0 Å². The molecule has 168 valence electrons. The second kappa shape index (κ2) is 9.87. The number of amides is 1. The molecule has 3 rings (SSSR count). The summed E-state index contributed by atoms with van der Waals surface area (Å²) in [4.78, 5) is 24.9. The third-order valence-electron chi connectivity index (χ3n) is 5.66. The molecule has 0 atom stereocenters. The Morgan fingerprint density at radius 2 is 1.87 bits per heavy atom. The molecule has 1 aliphatic rings. The van der Waals surface area contributed by atoms with Gasteiger partial charge < -0.3 is 29.1 Å². The lowest BCUT2D eigenvalue weighted by Gasteiger charge is -2.35. The van der Waals surface area contributed by atoms with Crippen LogP contribution in [0.3, 0.4) is 0 Å². The Morgan fingerprint density at radius 1 is 1.16 bits per heavy atom. The van der Waals surface area contributed by atoms with Crippen molar-refractivity contribution in [2.75, 3.05) is 34.0 Å². The van der Waals surface area contributed by atoms with Crippen LogP contribution in [0.15, 0.2) is 33.5 Å². The molecule has 8 nitrogen and oxygen atoms in total. The van der Waals surface area contributed by atoms with Gasteiger partial charge in [0.05, 0.1) is 14.2 Å². The monoisotopic (exact) mass is 431 g/mol. The molecule has 2 heterocycles. The van der Waals surface area contributed by atoms with Crippen molar-refractivity contribution < 1.29 is 28.5 Å². The van der Waals surface area contributed by atoms with Gasteiger partial charge in [0.2, 0.25) is 17.1 Å². The first kappa shape index (κ1) is 22.7. The smallest absolute Gasteiger partial charge is 0.227 e. The highest BCUT2D eigenvalue weighted by molar-refractivity contribution is 5.77. The maximum Gasteiger partial charge on any atom is 0.227 e. The van der Waals surface area contributed by atoms with Crippen molar-refractivity contribution in [1.82, 2.24) is 5.32 Å². The molecule has 0 spiro atoms. The lowest BCUT2D eigenvalue weighted by atomic mass is 9.74. The van der Waals surface area contributed by atoms with Crippen LogP contribution in [0.1, 0.15) is 36.3 Å². The Balaban J connectivity index is 1.69. The second-order valence-corrected chi connectivity index (χ2v) is 7.76. The fourth-order valence-electron chi connectivity index (χ4n) is 3.96. The SMILES string of the molecule is COc1ccc(CCNC(=O)CC2(c3oc(C)cc(=O)c3O)CCOCC2)cc1OC. The Labute approximate surface area is 181 Å². The normalized spacial score (nSPS) is 15.3. The van der Waals surface area contributed by atoms with E-state index in [-0.39, 0.29) is 18.1 Å². The molecule has 1 fully saturated rings. The number of aromatic hydroxyl groups is 1. The van der Waals surface area contributed by atoms with E-state index in [1.807, 2.05) is 18.2 Å². The van der Waals surface area contributed by atoms with E-state index < -0.39 is 16.6 Å². The molecule has 1 aromatic heterocycles. The third kappa shape index (κ3) is 5.19. The minimum Gasteiger partial charge on any atom is -0.502 e. The van der Waals surface area contributed by atoms with Gasteiger partial charge in [-0.05, 0) is 43.9 Å². The molecule has 1 saturated heterocycles. The minimum absolute atomic E-state index is 0.0995. The molecule has 0 bridgehead atoms. The van der Waals surface area contributed by atoms with E-state index in [4.69, 9.17) is 18.6 Å². The van der Waals surface area contributed by atoms with Crippen molar-refractivity contribution in [2.24, 2.45) is 0 Å². The average molecular weight is 431 g/mol. The first-order valence-corrected chi connectivity index (χ1v) is 10.3. The summed E-state index contributed by atoms with van der Waals surface area (Å²) >= 11 is 0. The van der Waals surface area contributed by atoms with E-state index in [0.717, 1.165) is 5.56 Å². The summed E-state index contributed by atoms with van der Waals surface area (Å²) in [7, 11) is 3.16. The van der Waals surface area contributed by atoms with E-state index in [1.165, 1.54) is 6.07 Å². The Bertz CT molecular complexity index is 976. The zero-order valence-corrected chi connectivity index (χ0v) is 18.2. The summed E-state index contributed by atoms with van der Waals surface area (Å²) in [6.07, 6.45) is 1.68. The standard InChI is InChI=1S/C23H29NO7/c1-15-12-17(25)21(27)22(31-15)23(7-10-30-11-8-23)14-20(26)24-9-6-16-4-5-18(28-2)19(13-16)29-3/h4-5,12-13,27H,6-11,14H2,1-3H3,(H,24,26). The summed E-state index contributed by atoms with van der Waals surface area (Å²) in [6, 6.07) is 6.88. The molecule has 0 radical (unpaired) electrons. The fraction of sp³-hybridized carbons (Fsp3) is 0.478. The number of hydrogen-bond donors (Lipinski definition) is 2. The van der Waals surface area contributed by atoms with Gasteiger partial charge in [0.25, 0.3) is 0 Å². The summed E-state index contributed by atoms with van der Waals surface area (Å²) in [5.41, 5.74) is -0.277. The van der Waals surface area contributed by atoms with Gasteiger partial charge in [-0.15, -0.1) is 0 Å². The molecular formula is C23H29NO7. The molecular weight excluding hydrogens is 402 g/mol. The number of carbonyl (C=O) groups excluding carboxylic acids is 1. The summed E-state index contributed by atoms with van der Waals surface area (Å²) in [5.74, 6) is 1.26. The van der Waals surface area contributed by atoms with Crippen LogP contribution >= 0.6 is 0 Å². The molecule has 1 aromatic carbocycles. The van der Waals surface area contributed by atoms with Crippen LogP contribution in [0, 0.1) is 6.92 Å². The van der Waals surface area contributed by atoms with Crippen LogP contribution < -0.4 is 20.2 Å². The first-order chi connectivity index (χ1) is 14.9.